The van der Waals surface area contributed by atoms with Gasteiger partial charge >= 0.3 is 0 Å². The van der Waals surface area contributed by atoms with Gasteiger partial charge in [-0.15, -0.1) is 11.3 Å². The zero-order valence-corrected chi connectivity index (χ0v) is 14.4. The monoisotopic (exact) mass is 349 g/mol. The van der Waals surface area contributed by atoms with E-state index in [1.807, 2.05) is 11.8 Å². The SMILES string of the molecule is Cc1nc(COc2ccc(F)cc2)sc1C(=O)N1CCCNCC1. The van der Waals surface area contributed by atoms with Gasteiger partial charge in [-0.2, -0.15) is 0 Å². The smallest absolute Gasteiger partial charge is 0.265 e. The summed E-state index contributed by atoms with van der Waals surface area (Å²) in [5, 5.41) is 4.04. The fourth-order valence-corrected chi connectivity index (χ4v) is 3.53. The molecule has 0 unspecified atom stereocenters. The van der Waals surface area contributed by atoms with E-state index in [2.05, 4.69) is 10.3 Å². The molecule has 5 nitrogen and oxygen atoms in total. The van der Waals surface area contributed by atoms with Crippen LogP contribution in [0.25, 0.3) is 0 Å². The molecule has 0 bridgehead atoms. The molecule has 2 heterocycles. The third-order valence-corrected chi connectivity index (χ3v) is 4.96. The Kier molecular flexibility index (Phi) is 5.42. The molecule has 1 amide bonds. The van der Waals surface area contributed by atoms with E-state index >= 15 is 0 Å². The first-order valence-electron chi connectivity index (χ1n) is 7.98. The number of ether oxygens (including phenoxy) is 1. The fraction of sp³-hybridized carbons (Fsp3) is 0.412. The van der Waals surface area contributed by atoms with Gasteiger partial charge in [0, 0.05) is 19.6 Å². The molecule has 1 saturated heterocycles. The Morgan fingerprint density at radius 2 is 2.12 bits per heavy atom. The van der Waals surface area contributed by atoms with Crippen LogP contribution in [0.15, 0.2) is 24.3 Å². The summed E-state index contributed by atoms with van der Waals surface area (Å²) in [5.41, 5.74) is 0.736. The molecule has 1 aromatic heterocycles. The van der Waals surface area contributed by atoms with Crippen LogP contribution in [0.1, 0.15) is 26.8 Å². The van der Waals surface area contributed by atoms with Crippen LogP contribution < -0.4 is 10.1 Å². The number of aryl methyl sites for hydroxylation is 1. The predicted molar refractivity (Wildman–Crippen MR) is 91.0 cm³/mol. The van der Waals surface area contributed by atoms with Crippen molar-refractivity contribution in [1.82, 2.24) is 15.2 Å². The normalized spacial score (nSPS) is 15.2. The Labute approximate surface area is 144 Å². The first kappa shape index (κ1) is 16.9. The van der Waals surface area contributed by atoms with Gasteiger partial charge in [-0.25, -0.2) is 9.37 Å². The minimum Gasteiger partial charge on any atom is -0.486 e. The van der Waals surface area contributed by atoms with Gasteiger partial charge in [-0.1, -0.05) is 0 Å². The number of benzene rings is 1. The molecule has 0 aliphatic carbocycles. The van der Waals surface area contributed by atoms with Crippen LogP contribution >= 0.6 is 11.3 Å². The summed E-state index contributed by atoms with van der Waals surface area (Å²) >= 11 is 1.37. The average molecular weight is 349 g/mol. The van der Waals surface area contributed by atoms with Crippen LogP contribution in [0.3, 0.4) is 0 Å². The summed E-state index contributed by atoms with van der Waals surface area (Å²) in [6.07, 6.45) is 0.962. The number of hydrogen-bond acceptors (Lipinski definition) is 5. The summed E-state index contributed by atoms with van der Waals surface area (Å²) in [4.78, 5) is 19.7. The molecular weight excluding hydrogens is 329 g/mol. The van der Waals surface area contributed by atoms with Gasteiger partial charge in [0.25, 0.3) is 5.91 Å². The zero-order valence-electron chi connectivity index (χ0n) is 13.5. The lowest BCUT2D eigenvalue weighted by molar-refractivity contribution is 0.0770. The van der Waals surface area contributed by atoms with Gasteiger partial charge in [-0.05, 0) is 44.2 Å². The van der Waals surface area contributed by atoms with Gasteiger partial charge in [0.05, 0.1) is 5.69 Å². The standard InChI is InChI=1S/C17H20FN3O2S/c1-12-16(17(22)21-9-2-7-19-8-10-21)24-15(20-12)11-23-14-5-3-13(18)4-6-14/h3-6,19H,2,7-11H2,1H3. The minimum atomic E-state index is -0.299. The Morgan fingerprint density at radius 3 is 2.92 bits per heavy atom. The van der Waals surface area contributed by atoms with Gasteiger partial charge in [0.1, 0.15) is 28.1 Å². The Bertz CT molecular complexity index is 694. The van der Waals surface area contributed by atoms with Crippen LogP contribution in [0.2, 0.25) is 0 Å². The van der Waals surface area contributed by atoms with Gasteiger partial charge in [-0.3, -0.25) is 4.79 Å². The molecule has 3 rings (SSSR count). The molecule has 7 heteroatoms. The predicted octanol–water partition coefficient (Wildman–Crippen LogP) is 2.61. The largest absolute Gasteiger partial charge is 0.486 e. The molecule has 0 radical (unpaired) electrons. The van der Waals surface area contributed by atoms with Crippen molar-refractivity contribution in [3.05, 3.63) is 45.7 Å². The quantitative estimate of drug-likeness (QED) is 0.922. The van der Waals surface area contributed by atoms with E-state index < -0.39 is 0 Å². The maximum atomic E-state index is 12.9. The number of carbonyl (C=O) groups excluding carboxylic acids is 1. The Hall–Kier alpha value is -1.99. The molecule has 1 aliphatic heterocycles. The highest BCUT2D eigenvalue weighted by molar-refractivity contribution is 7.13. The second-order valence-corrected chi connectivity index (χ2v) is 6.74. The van der Waals surface area contributed by atoms with Crippen molar-refractivity contribution in [3.8, 4) is 5.75 Å². The number of rotatable bonds is 4. The number of amides is 1. The van der Waals surface area contributed by atoms with Gasteiger partial charge < -0.3 is 15.0 Å². The van der Waals surface area contributed by atoms with Crippen molar-refractivity contribution in [2.45, 2.75) is 20.0 Å². The van der Waals surface area contributed by atoms with E-state index in [1.54, 1.807) is 12.1 Å². The van der Waals surface area contributed by atoms with Crippen LogP contribution in [-0.2, 0) is 6.61 Å². The Balaban J connectivity index is 1.65. The number of thiazole rings is 1. The summed E-state index contributed by atoms with van der Waals surface area (Å²) < 4.78 is 18.5. The third kappa shape index (κ3) is 4.10. The molecule has 2 aromatic rings. The second kappa shape index (κ2) is 7.72. The molecule has 24 heavy (non-hydrogen) atoms. The lowest BCUT2D eigenvalue weighted by Crippen LogP contribution is -2.34. The molecule has 1 fully saturated rings. The average Bonchev–Trinajstić information content (AvgIpc) is 2.78. The van der Waals surface area contributed by atoms with Gasteiger partial charge in [0.2, 0.25) is 0 Å². The first-order chi connectivity index (χ1) is 11.6. The fourth-order valence-electron chi connectivity index (χ4n) is 2.58. The molecular formula is C17H20FN3O2S. The first-order valence-corrected chi connectivity index (χ1v) is 8.80. The second-order valence-electron chi connectivity index (χ2n) is 5.66. The molecule has 1 N–H and O–H groups in total. The van der Waals surface area contributed by atoms with Gasteiger partial charge in [0.15, 0.2) is 0 Å². The van der Waals surface area contributed by atoms with Crippen LogP contribution in [-0.4, -0.2) is 42.0 Å². The van der Waals surface area contributed by atoms with E-state index in [0.717, 1.165) is 43.3 Å². The summed E-state index contributed by atoms with van der Waals surface area (Å²) in [5.74, 6) is 0.324. The summed E-state index contributed by atoms with van der Waals surface area (Å²) in [6, 6.07) is 5.85. The van der Waals surface area contributed by atoms with Crippen molar-refractivity contribution in [1.29, 1.82) is 0 Å². The maximum Gasteiger partial charge on any atom is 0.265 e. The number of halogens is 1. The van der Waals surface area contributed by atoms with Crippen molar-refractivity contribution in [2.75, 3.05) is 26.2 Å². The molecule has 1 aromatic carbocycles. The molecule has 128 valence electrons. The number of nitrogens with zero attached hydrogens (tertiary/aromatic N) is 2. The number of carbonyl (C=O) groups is 1. The lowest BCUT2D eigenvalue weighted by atomic mass is 10.3. The van der Waals surface area contributed by atoms with Crippen LogP contribution in [0.5, 0.6) is 5.75 Å². The van der Waals surface area contributed by atoms with Crippen molar-refractivity contribution in [3.63, 3.8) is 0 Å². The van der Waals surface area contributed by atoms with Crippen LogP contribution in [0.4, 0.5) is 4.39 Å². The highest BCUT2D eigenvalue weighted by Crippen LogP contribution is 2.22. The van der Waals surface area contributed by atoms with Crippen molar-refractivity contribution < 1.29 is 13.9 Å². The molecule has 1 aliphatic rings. The molecule has 0 spiro atoms. The van der Waals surface area contributed by atoms with E-state index in [9.17, 15) is 9.18 Å². The van der Waals surface area contributed by atoms with E-state index in [4.69, 9.17) is 4.74 Å². The van der Waals surface area contributed by atoms with Crippen molar-refractivity contribution in [2.24, 2.45) is 0 Å². The molecule has 0 atom stereocenters. The number of nitrogens with one attached hydrogen (secondary N) is 1. The molecule has 0 saturated carbocycles. The number of aromatic nitrogens is 1. The minimum absolute atomic E-state index is 0.0433. The zero-order chi connectivity index (χ0) is 16.9. The Morgan fingerprint density at radius 1 is 1.33 bits per heavy atom. The van der Waals surface area contributed by atoms with E-state index in [1.165, 1.54) is 23.5 Å². The topological polar surface area (TPSA) is 54.5 Å². The number of hydrogen-bond donors (Lipinski definition) is 1. The maximum absolute atomic E-state index is 12.9. The highest BCUT2D eigenvalue weighted by atomic mass is 32.1. The lowest BCUT2D eigenvalue weighted by Gasteiger charge is -2.19. The van der Waals surface area contributed by atoms with Crippen LogP contribution in [0, 0.1) is 12.7 Å². The van der Waals surface area contributed by atoms with E-state index in [-0.39, 0.29) is 18.3 Å². The highest BCUT2D eigenvalue weighted by Gasteiger charge is 2.22. The summed E-state index contributed by atoms with van der Waals surface area (Å²) in [7, 11) is 0. The van der Waals surface area contributed by atoms with Crippen molar-refractivity contribution >= 4 is 17.2 Å². The van der Waals surface area contributed by atoms with E-state index in [0.29, 0.717) is 10.6 Å². The third-order valence-electron chi connectivity index (χ3n) is 3.84. The summed E-state index contributed by atoms with van der Waals surface area (Å²) in [6.45, 7) is 5.38.